The molecule has 148 valence electrons. The van der Waals surface area contributed by atoms with Gasteiger partial charge in [-0.2, -0.15) is 0 Å². The number of morpholine rings is 1. The highest BCUT2D eigenvalue weighted by atomic mass is 16.5. The molecule has 2 bridgehead atoms. The largest absolute Gasteiger partial charge is 0.375 e. The van der Waals surface area contributed by atoms with E-state index in [1.54, 1.807) is 6.07 Å². The third kappa shape index (κ3) is 3.32. The fourth-order valence-electron chi connectivity index (χ4n) is 5.48. The lowest BCUT2D eigenvalue weighted by molar-refractivity contribution is 0.0532. The minimum absolute atomic E-state index is 0.00659. The fraction of sp³-hybridized carbons (Fsp3) is 0.522. The molecule has 4 atom stereocenters. The van der Waals surface area contributed by atoms with Crippen molar-refractivity contribution >= 4 is 11.5 Å². The second-order valence-corrected chi connectivity index (χ2v) is 8.61. The van der Waals surface area contributed by atoms with Crippen LogP contribution in [0.25, 0.3) is 0 Å². The van der Waals surface area contributed by atoms with Crippen molar-refractivity contribution in [2.24, 2.45) is 5.92 Å². The number of benzene rings is 1. The van der Waals surface area contributed by atoms with E-state index in [4.69, 9.17) is 4.74 Å². The van der Waals surface area contributed by atoms with Crippen LogP contribution in [0.4, 0.5) is 11.5 Å². The molecule has 3 aliphatic rings. The first-order valence-corrected chi connectivity index (χ1v) is 10.6. The van der Waals surface area contributed by atoms with E-state index in [-0.39, 0.29) is 11.7 Å². The van der Waals surface area contributed by atoms with Crippen LogP contribution >= 0.6 is 0 Å². The maximum Gasteiger partial charge on any atom is 0.251 e. The number of rotatable bonds is 4. The summed E-state index contributed by atoms with van der Waals surface area (Å²) in [6, 6.07) is 15.7. The van der Waals surface area contributed by atoms with Gasteiger partial charge in [0.05, 0.1) is 12.7 Å². The molecule has 1 aromatic carbocycles. The van der Waals surface area contributed by atoms with E-state index in [2.05, 4.69) is 58.1 Å². The molecule has 5 rings (SSSR count). The molecule has 0 spiro atoms. The van der Waals surface area contributed by atoms with E-state index < -0.39 is 0 Å². The van der Waals surface area contributed by atoms with E-state index in [0.29, 0.717) is 18.7 Å². The molecule has 2 saturated heterocycles. The zero-order valence-corrected chi connectivity index (χ0v) is 16.5. The number of pyridine rings is 1. The number of nitrogens with one attached hydrogen (secondary N) is 1. The molecule has 1 aromatic heterocycles. The second kappa shape index (κ2) is 7.28. The summed E-state index contributed by atoms with van der Waals surface area (Å²) in [6.07, 6.45) is 5.03. The van der Waals surface area contributed by atoms with Gasteiger partial charge in [-0.1, -0.05) is 30.3 Å². The first-order valence-electron chi connectivity index (χ1n) is 10.6. The molecular weight excluding hydrogens is 350 g/mol. The lowest BCUT2D eigenvalue weighted by Gasteiger charge is -2.38. The van der Waals surface area contributed by atoms with E-state index in [1.165, 1.54) is 24.8 Å². The van der Waals surface area contributed by atoms with Gasteiger partial charge in [-0.15, -0.1) is 0 Å². The summed E-state index contributed by atoms with van der Waals surface area (Å²) in [7, 11) is 0. The summed E-state index contributed by atoms with van der Waals surface area (Å²) in [5.74, 6) is 1.72. The predicted octanol–water partition coefficient (Wildman–Crippen LogP) is 3.20. The SMILES string of the molecule is C[C@@H]1CN(c2cc(N3[C@@H]4CC[C@@H](C4)[C@@H]3Cc3ccccc3)[nH]c(=O)c2)CCO1. The Morgan fingerprint density at radius 1 is 1.18 bits per heavy atom. The standard InChI is InChI=1S/C23H29N3O2/c1-16-15-25(9-10-28-16)20-13-22(24-23(27)14-20)26-19-8-7-18(12-19)21(26)11-17-5-3-2-4-6-17/h2-6,13-14,16,18-19,21H,7-12,15H2,1H3,(H,24,27)/t16-,18+,19-,21+/m1/s1. The van der Waals surface area contributed by atoms with Crippen LogP contribution in [-0.2, 0) is 11.2 Å². The highest BCUT2D eigenvalue weighted by Crippen LogP contribution is 2.45. The minimum Gasteiger partial charge on any atom is -0.375 e. The van der Waals surface area contributed by atoms with Crippen molar-refractivity contribution in [3.63, 3.8) is 0 Å². The number of piperidine rings is 1. The van der Waals surface area contributed by atoms with Crippen molar-refractivity contribution < 1.29 is 4.74 Å². The van der Waals surface area contributed by atoms with Crippen LogP contribution in [0, 0.1) is 5.92 Å². The Morgan fingerprint density at radius 2 is 2.04 bits per heavy atom. The Labute approximate surface area is 166 Å². The number of nitrogens with zero attached hydrogens (tertiary/aromatic N) is 2. The van der Waals surface area contributed by atoms with Crippen LogP contribution < -0.4 is 15.4 Å². The maximum absolute atomic E-state index is 12.5. The highest BCUT2D eigenvalue weighted by molar-refractivity contribution is 5.57. The van der Waals surface area contributed by atoms with Gasteiger partial charge < -0.3 is 19.5 Å². The zero-order chi connectivity index (χ0) is 19.1. The number of ether oxygens (including phenoxy) is 1. The monoisotopic (exact) mass is 379 g/mol. The number of anilines is 2. The van der Waals surface area contributed by atoms with E-state index in [0.717, 1.165) is 36.9 Å². The molecule has 1 saturated carbocycles. The van der Waals surface area contributed by atoms with Crippen LogP contribution in [0.5, 0.6) is 0 Å². The molecule has 3 fully saturated rings. The minimum atomic E-state index is -0.00659. The average molecular weight is 380 g/mol. The fourth-order valence-corrected chi connectivity index (χ4v) is 5.48. The topological polar surface area (TPSA) is 48.6 Å². The van der Waals surface area contributed by atoms with Crippen molar-refractivity contribution in [2.45, 2.75) is 50.8 Å². The van der Waals surface area contributed by atoms with Gasteiger partial charge in [-0.05, 0) is 44.1 Å². The van der Waals surface area contributed by atoms with Gasteiger partial charge in [0.2, 0.25) is 0 Å². The zero-order valence-electron chi connectivity index (χ0n) is 16.5. The van der Waals surface area contributed by atoms with Crippen LogP contribution in [-0.4, -0.2) is 42.9 Å². The number of fused-ring (bicyclic) bond motifs is 2. The van der Waals surface area contributed by atoms with Gasteiger partial charge in [0.15, 0.2) is 0 Å². The Kier molecular flexibility index (Phi) is 4.63. The quantitative estimate of drug-likeness (QED) is 0.886. The number of aromatic amines is 1. The summed E-state index contributed by atoms with van der Waals surface area (Å²) in [5.41, 5.74) is 2.40. The van der Waals surface area contributed by atoms with Gasteiger partial charge in [-0.3, -0.25) is 4.79 Å². The van der Waals surface area contributed by atoms with Crippen molar-refractivity contribution in [3.05, 3.63) is 58.4 Å². The van der Waals surface area contributed by atoms with E-state index in [9.17, 15) is 4.79 Å². The normalized spacial score (nSPS) is 29.5. The Bertz CT molecular complexity index is 881. The Balaban J connectivity index is 1.46. The molecule has 2 aliphatic heterocycles. The molecule has 5 nitrogen and oxygen atoms in total. The summed E-state index contributed by atoms with van der Waals surface area (Å²) in [4.78, 5) is 20.5. The van der Waals surface area contributed by atoms with Gasteiger partial charge in [0, 0.05) is 43.0 Å². The molecule has 1 N–H and O–H groups in total. The first kappa shape index (κ1) is 17.8. The molecule has 3 heterocycles. The third-order valence-corrected chi connectivity index (χ3v) is 6.73. The van der Waals surface area contributed by atoms with Crippen LogP contribution in [0.2, 0.25) is 0 Å². The Morgan fingerprint density at radius 3 is 2.86 bits per heavy atom. The lowest BCUT2D eigenvalue weighted by Crippen LogP contribution is -2.44. The second-order valence-electron chi connectivity index (χ2n) is 8.61. The van der Waals surface area contributed by atoms with E-state index in [1.807, 2.05) is 0 Å². The number of H-pyrrole nitrogens is 1. The third-order valence-electron chi connectivity index (χ3n) is 6.73. The predicted molar refractivity (Wildman–Crippen MR) is 112 cm³/mol. The molecule has 0 radical (unpaired) electrons. The van der Waals surface area contributed by atoms with Crippen molar-refractivity contribution in [1.82, 2.24) is 4.98 Å². The summed E-state index contributed by atoms with van der Waals surface area (Å²) in [5, 5.41) is 0. The Hall–Kier alpha value is -2.27. The summed E-state index contributed by atoms with van der Waals surface area (Å²) >= 11 is 0. The van der Waals surface area contributed by atoms with Gasteiger partial charge in [0.25, 0.3) is 5.56 Å². The van der Waals surface area contributed by atoms with Gasteiger partial charge in [-0.25, -0.2) is 0 Å². The van der Waals surface area contributed by atoms with Gasteiger partial charge >= 0.3 is 0 Å². The van der Waals surface area contributed by atoms with Crippen molar-refractivity contribution in [3.8, 4) is 0 Å². The summed E-state index contributed by atoms with van der Waals surface area (Å²) in [6.45, 7) is 4.49. The maximum atomic E-state index is 12.5. The van der Waals surface area contributed by atoms with Crippen LogP contribution in [0.15, 0.2) is 47.3 Å². The molecule has 1 aliphatic carbocycles. The number of aromatic nitrogens is 1. The molecular formula is C23H29N3O2. The molecule has 0 unspecified atom stereocenters. The molecule has 2 aromatic rings. The van der Waals surface area contributed by atoms with E-state index >= 15 is 0 Å². The highest BCUT2D eigenvalue weighted by Gasteiger charge is 2.46. The van der Waals surface area contributed by atoms with Crippen LogP contribution in [0.1, 0.15) is 31.7 Å². The summed E-state index contributed by atoms with van der Waals surface area (Å²) < 4.78 is 5.68. The molecule has 0 amide bonds. The lowest BCUT2D eigenvalue weighted by atomic mass is 9.92. The first-order chi connectivity index (χ1) is 13.7. The smallest absolute Gasteiger partial charge is 0.251 e. The molecule has 5 heteroatoms. The van der Waals surface area contributed by atoms with Gasteiger partial charge in [0.1, 0.15) is 5.82 Å². The average Bonchev–Trinajstić information content (AvgIpc) is 3.30. The molecule has 28 heavy (non-hydrogen) atoms. The number of hydrogen-bond donors (Lipinski definition) is 1. The van der Waals surface area contributed by atoms with Crippen LogP contribution in [0.3, 0.4) is 0 Å². The van der Waals surface area contributed by atoms with Crippen molar-refractivity contribution in [2.75, 3.05) is 29.5 Å². The van der Waals surface area contributed by atoms with Crippen molar-refractivity contribution in [1.29, 1.82) is 0 Å². The number of hydrogen-bond acceptors (Lipinski definition) is 4.